The number of anilines is 2. The Labute approximate surface area is 86.4 Å². The minimum atomic E-state index is 0.207. The number of hydrogen-bond donors (Lipinski definition) is 2. The standard InChI is InChI=1S/C8H11N7/c1-2-11-6-3-7(14-8(9)13-6)15-5-10-4-12-15/h3-5H,2H2,1H3,(H3,9,11,13,14). The Morgan fingerprint density at radius 2 is 2.33 bits per heavy atom. The molecule has 0 saturated heterocycles. The van der Waals surface area contributed by atoms with Gasteiger partial charge in [-0.1, -0.05) is 0 Å². The summed E-state index contributed by atoms with van der Waals surface area (Å²) < 4.78 is 1.53. The first kappa shape index (κ1) is 9.38. The van der Waals surface area contributed by atoms with Crippen LogP contribution in [0.25, 0.3) is 5.82 Å². The van der Waals surface area contributed by atoms with Crippen LogP contribution in [0.4, 0.5) is 11.8 Å². The van der Waals surface area contributed by atoms with E-state index in [-0.39, 0.29) is 5.95 Å². The topological polar surface area (TPSA) is 94.5 Å². The Kier molecular flexibility index (Phi) is 2.44. The molecule has 0 aromatic carbocycles. The van der Waals surface area contributed by atoms with Crippen molar-refractivity contribution in [3.8, 4) is 5.82 Å². The van der Waals surface area contributed by atoms with Crippen LogP contribution in [0, 0.1) is 0 Å². The van der Waals surface area contributed by atoms with Crippen LogP contribution in [0.3, 0.4) is 0 Å². The third-order valence-electron chi connectivity index (χ3n) is 1.74. The molecule has 0 unspecified atom stereocenters. The minimum absolute atomic E-state index is 0.207. The molecule has 7 heteroatoms. The third-order valence-corrected chi connectivity index (χ3v) is 1.74. The second kappa shape index (κ2) is 3.91. The zero-order valence-electron chi connectivity index (χ0n) is 8.25. The highest BCUT2D eigenvalue weighted by Crippen LogP contribution is 2.10. The Morgan fingerprint density at radius 3 is 3.00 bits per heavy atom. The minimum Gasteiger partial charge on any atom is -0.370 e. The SMILES string of the molecule is CCNc1cc(-n2cncn2)nc(N)n1. The van der Waals surface area contributed by atoms with Gasteiger partial charge in [-0.15, -0.1) is 0 Å². The molecule has 0 fully saturated rings. The molecule has 2 heterocycles. The first-order valence-corrected chi connectivity index (χ1v) is 4.53. The number of nitrogen functional groups attached to an aromatic ring is 1. The summed E-state index contributed by atoms with van der Waals surface area (Å²) in [5.41, 5.74) is 5.57. The van der Waals surface area contributed by atoms with Crippen molar-refractivity contribution < 1.29 is 0 Å². The van der Waals surface area contributed by atoms with Gasteiger partial charge in [0.15, 0.2) is 5.82 Å². The summed E-state index contributed by atoms with van der Waals surface area (Å²) >= 11 is 0. The molecular weight excluding hydrogens is 194 g/mol. The van der Waals surface area contributed by atoms with Gasteiger partial charge in [-0.25, -0.2) is 9.67 Å². The second-order valence-corrected chi connectivity index (χ2v) is 2.84. The predicted octanol–water partition coefficient (Wildman–Crippen LogP) is 0.0713. The normalized spacial score (nSPS) is 10.2. The van der Waals surface area contributed by atoms with E-state index in [0.717, 1.165) is 6.54 Å². The van der Waals surface area contributed by atoms with Gasteiger partial charge in [0.25, 0.3) is 0 Å². The van der Waals surface area contributed by atoms with E-state index in [4.69, 9.17) is 5.73 Å². The molecule has 0 aliphatic heterocycles. The van der Waals surface area contributed by atoms with E-state index in [1.165, 1.54) is 11.0 Å². The lowest BCUT2D eigenvalue weighted by atomic mass is 10.5. The highest BCUT2D eigenvalue weighted by atomic mass is 15.3. The maximum absolute atomic E-state index is 5.57. The smallest absolute Gasteiger partial charge is 0.224 e. The highest BCUT2D eigenvalue weighted by molar-refractivity contribution is 5.45. The van der Waals surface area contributed by atoms with Gasteiger partial charge in [0, 0.05) is 12.6 Å². The summed E-state index contributed by atoms with van der Waals surface area (Å²) in [5.74, 6) is 1.48. The lowest BCUT2D eigenvalue weighted by Crippen LogP contribution is -2.07. The van der Waals surface area contributed by atoms with Gasteiger partial charge < -0.3 is 11.1 Å². The van der Waals surface area contributed by atoms with E-state index >= 15 is 0 Å². The molecule has 7 nitrogen and oxygen atoms in total. The van der Waals surface area contributed by atoms with Crippen molar-refractivity contribution in [1.29, 1.82) is 0 Å². The molecule has 0 bridgehead atoms. The van der Waals surface area contributed by atoms with E-state index < -0.39 is 0 Å². The molecule has 2 aromatic rings. The van der Waals surface area contributed by atoms with Crippen molar-refractivity contribution >= 4 is 11.8 Å². The van der Waals surface area contributed by atoms with Crippen LogP contribution in [0.1, 0.15) is 6.92 Å². The van der Waals surface area contributed by atoms with Crippen LogP contribution in [-0.2, 0) is 0 Å². The summed E-state index contributed by atoms with van der Waals surface area (Å²) in [6.07, 6.45) is 2.99. The summed E-state index contributed by atoms with van der Waals surface area (Å²) in [7, 11) is 0. The van der Waals surface area contributed by atoms with Crippen molar-refractivity contribution in [2.45, 2.75) is 6.92 Å². The zero-order chi connectivity index (χ0) is 10.7. The summed E-state index contributed by atoms with van der Waals surface area (Å²) in [6, 6.07) is 1.76. The number of nitrogens with two attached hydrogens (primary N) is 1. The predicted molar refractivity (Wildman–Crippen MR) is 55.5 cm³/mol. The Balaban J connectivity index is 2.40. The molecule has 2 rings (SSSR count). The summed E-state index contributed by atoms with van der Waals surface area (Å²) in [5, 5.41) is 7.02. The largest absolute Gasteiger partial charge is 0.370 e. The maximum Gasteiger partial charge on any atom is 0.224 e. The Bertz CT molecular complexity index is 436. The molecule has 0 aliphatic rings. The fraction of sp³-hybridized carbons (Fsp3) is 0.250. The monoisotopic (exact) mass is 205 g/mol. The van der Waals surface area contributed by atoms with Crippen LogP contribution < -0.4 is 11.1 Å². The van der Waals surface area contributed by atoms with Gasteiger partial charge in [0.1, 0.15) is 18.5 Å². The van der Waals surface area contributed by atoms with Crippen LogP contribution in [0.5, 0.6) is 0 Å². The van der Waals surface area contributed by atoms with Crippen molar-refractivity contribution in [3.05, 3.63) is 18.7 Å². The number of nitrogens with one attached hydrogen (secondary N) is 1. The first-order chi connectivity index (χ1) is 7.29. The summed E-state index contributed by atoms with van der Waals surface area (Å²) in [4.78, 5) is 11.9. The molecule has 0 saturated carbocycles. The molecule has 0 atom stereocenters. The lowest BCUT2D eigenvalue weighted by molar-refractivity contribution is 0.841. The molecule has 15 heavy (non-hydrogen) atoms. The molecular formula is C8H11N7. The molecule has 3 N–H and O–H groups in total. The van der Waals surface area contributed by atoms with E-state index in [2.05, 4.69) is 25.4 Å². The number of hydrogen-bond acceptors (Lipinski definition) is 6. The van der Waals surface area contributed by atoms with Gasteiger partial charge in [0.05, 0.1) is 0 Å². The van der Waals surface area contributed by atoms with Crippen molar-refractivity contribution in [2.24, 2.45) is 0 Å². The van der Waals surface area contributed by atoms with Crippen molar-refractivity contribution in [1.82, 2.24) is 24.7 Å². The zero-order valence-corrected chi connectivity index (χ0v) is 8.25. The number of nitrogens with zero attached hydrogens (tertiary/aromatic N) is 5. The summed E-state index contributed by atoms with van der Waals surface area (Å²) in [6.45, 7) is 2.75. The molecule has 0 spiro atoms. The fourth-order valence-electron chi connectivity index (χ4n) is 1.17. The Hall–Kier alpha value is -2.18. The van der Waals surface area contributed by atoms with Gasteiger partial charge >= 0.3 is 0 Å². The van der Waals surface area contributed by atoms with Crippen molar-refractivity contribution in [2.75, 3.05) is 17.6 Å². The average Bonchev–Trinajstić information content (AvgIpc) is 2.70. The number of rotatable bonds is 3. The van der Waals surface area contributed by atoms with Gasteiger partial charge in [-0.2, -0.15) is 15.1 Å². The van der Waals surface area contributed by atoms with E-state index in [1.807, 2.05) is 6.92 Å². The lowest BCUT2D eigenvalue weighted by Gasteiger charge is -2.05. The highest BCUT2D eigenvalue weighted by Gasteiger charge is 2.03. The third kappa shape index (κ3) is 2.01. The molecule has 2 aromatic heterocycles. The van der Waals surface area contributed by atoms with Gasteiger partial charge in [-0.3, -0.25) is 0 Å². The number of aromatic nitrogens is 5. The quantitative estimate of drug-likeness (QED) is 0.736. The molecule has 0 aliphatic carbocycles. The van der Waals surface area contributed by atoms with E-state index in [9.17, 15) is 0 Å². The molecule has 0 radical (unpaired) electrons. The molecule has 0 amide bonds. The van der Waals surface area contributed by atoms with Crippen molar-refractivity contribution in [3.63, 3.8) is 0 Å². The second-order valence-electron chi connectivity index (χ2n) is 2.84. The van der Waals surface area contributed by atoms with Crippen LogP contribution in [0.2, 0.25) is 0 Å². The Morgan fingerprint density at radius 1 is 1.47 bits per heavy atom. The van der Waals surface area contributed by atoms with Gasteiger partial charge in [0.2, 0.25) is 5.95 Å². The first-order valence-electron chi connectivity index (χ1n) is 4.53. The fourth-order valence-corrected chi connectivity index (χ4v) is 1.17. The van der Waals surface area contributed by atoms with Crippen LogP contribution >= 0.6 is 0 Å². The molecule has 78 valence electrons. The maximum atomic E-state index is 5.57. The van der Waals surface area contributed by atoms with E-state index in [1.54, 1.807) is 12.4 Å². The van der Waals surface area contributed by atoms with Gasteiger partial charge in [-0.05, 0) is 6.92 Å². The average molecular weight is 205 g/mol. The van der Waals surface area contributed by atoms with Crippen LogP contribution in [0.15, 0.2) is 18.7 Å². The van der Waals surface area contributed by atoms with Crippen LogP contribution in [-0.4, -0.2) is 31.3 Å². The van der Waals surface area contributed by atoms with E-state index in [0.29, 0.717) is 11.6 Å².